The van der Waals surface area contributed by atoms with Gasteiger partial charge in [0.25, 0.3) is 0 Å². The predicted octanol–water partition coefficient (Wildman–Crippen LogP) is 9.90. The van der Waals surface area contributed by atoms with Crippen LogP contribution in [0.25, 0.3) is 33.4 Å². The Morgan fingerprint density at radius 1 is 0.571 bits per heavy atom. The van der Waals surface area contributed by atoms with Gasteiger partial charge in [0, 0.05) is 16.7 Å². The fourth-order valence-corrected chi connectivity index (χ4v) is 6.62. The van der Waals surface area contributed by atoms with Crippen LogP contribution < -0.4 is 0 Å². The highest BCUT2D eigenvalue weighted by molar-refractivity contribution is 6.04. The molecule has 2 fully saturated rings. The normalized spacial score (nSPS) is 21.9. The van der Waals surface area contributed by atoms with E-state index in [-0.39, 0.29) is 34.3 Å². The number of hydrogen-bond acceptors (Lipinski definition) is 0. The maximum atomic E-state index is 15.7. The van der Waals surface area contributed by atoms with Crippen molar-refractivity contribution in [1.82, 2.24) is 0 Å². The van der Waals surface area contributed by atoms with Crippen LogP contribution in [0.3, 0.4) is 0 Å². The molecule has 3 aliphatic carbocycles. The molecular formula is C31H30F4. The van der Waals surface area contributed by atoms with Gasteiger partial charge in [0.2, 0.25) is 0 Å². The first-order valence-corrected chi connectivity index (χ1v) is 13.1. The molecule has 0 aromatic heterocycles. The molecule has 35 heavy (non-hydrogen) atoms. The summed E-state index contributed by atoms with van der Waals surface area (Å²) in [6.45, 7) is 2.23. The molecule has 0 nitrogen and oxygen atoms in total. The Bertz CT molecular complexity index is 1290. The Kier molecular flexibility index (Phi) is 5.74. The summed E-state index contributed by atoms with van der Waals surface area (Å²) in [7, 11) is 0. The molecule has 0 heterocycles. The molecule has 6 rings (SSSR count). The van der Waals surface area contributed by atoms with Crippen LogP contribution in [0.5, 0.6) is 0 Å². The maximum absolute atomic E-state index is 15.7. The van der Waals surface area contributed by atoms with Crippen LogP contribution in [0.15, 0.2) is 36.4 Å². The first-order valence-electron chi connectivity index (χ1n) is 13.1. The number of hydrogen-bond donors (Lipinski definition) is 0. The van der Waals surface area contributed by atoms with E-state index in [1.807, 2.05) is 0 Å². The minimum absolute atomic E-state index is 0.0184. The van der Waals surface area contributed by atoms with Gasteiger partial charge in [-0.3, -0.25) is 0 Å². The minimum Gasteiger partial charge on any atom is -0.207 e. The van der Waals surface area contributed by atoms with Crippen molar-refractivity contribution in [2.45, 2.75) is 76.5 Å². The van der Waals surface area contributed by atoms with Crippen molar-refractivity contribution in [2.24, 2.45) is 5.92 Å². The fourth-order valence-electron chi connectivity index (χ4n) is 6.62. The number of fused-ring (bicyclic) bond motifs is 4. The van der Waals surface area contributed by atoms with Crippen LogP contribution in [0.2, 0.25) is 0 Å². The first-order chi connectivity index (χ1) is 16.9. The molecule has 4 heteroatoms. The van der Waals surface area contributed by atoms with Crippen LogP contribution in [0.1, 0.15) is 87.7 Å². The van der Waals surface area contributed by atoms with Crippen LogP contribution in [-0.4, -0.2) is 0 Å². The van der Waals surface area contributed by atoms with Crippen molar-refractivity contribution >= 4 is 0 Å². The fraction of sp³-hybridized carbons (Fsp3) is 0.419. The van der Waals surface area contributed by atoms with Crippen molar-refractivity contribution in [1.29, 1.82) is 0 Å². The monoisotopic (exact) mass is 478 g/mol. The second kappa shape index (κ2) is 8.80. The second-order valence-electron chi connectivity index (χ2n) is 10.9. The SMILES string of the molecule is CC1CCC(c2ccc(-c3ccc4c(c3F)-c3c-4cc(C4CCCCC4)c(F)c3F)cc2F)CC1. The van der Waals surface area contributed by atoms with Gasteiger partial charge in [0.05, 0.1) is 0 Å². The van der Waals surface area contributed by atoms with Crippen molar-refractivity contribution < 1.29 is 17.6 Å². The standard InChI is InChI=1S/C31H30F4/c1-17-7-9-19(10-8-17)21-12-11-20(15-26(21)32)22-13-14-23-25-16-24(18-5-3-2-4-6-18)30(34)31(35)28(25)27(23)29(22)33/h11-19H,2-10H2,1H3. The number of benzene rings is 3. The van der Waals surface area contributed by atoms with Gasteiger partial charge >= 0.3 is 0 Å². The van der Waals surface area contributed by atoms with Crippen LogP contribution in [0.4, 0.5) is 17.6 Å². The molecule has 3 aromatic carbocycles. The van der Waals surface area contributed by atoms with Crippen molar-refractivity contribution in [3.05, 3.63) is 70.8 Å². The molecule has 0 bridgehead atoms. The molecule has 0 saturated heterocycles. The summed E-state index contributed by atoms with van der Waals surface area (Å²) >= 11 is 0. The number of halogens is 4. The lowest BCUT2D eigenvalue weighted by Gasteiger charge is -2.30. The molecule has 0 aliphatic heterocycles. The highest BCUT2D eigenvalue weighted by atomic mass is 19.2. The van der Waals surface area contributed by atoms with E-state index in [0.29, 0.717) is 33.7 Å². The van der Waals surface area contributed by atoms with Gasteiger partial charge in [-0.25, -0.2) is 17.6 Å². The zero-order chi connectivity index (χ0) is 24.3. The van der Waals surface area contributed by atoms with Crippen molar-refractivity contribution in [3.8, 4) is 33.4 Å². The average Bonchev–Trinajstić information content (AvgIpc) is 2.85. The number of rotatable bonds is 3. The van der Waals surface area contributed by atoms with Gasteiger partial charge in [0.1, 0.15) is 11.6 Å². The van der Waals surface area contributed by atoms with Gasteiger partial charge in [-0.2, -0.15) is 0 Å². The van der Waals surface area contributed by atoms with E-state index in [4.69, 9.17) is 0 Å². The van der Waals surface area contributed by atoms with Gasteiger partial charge in [-0.05, 0) is 83.4 Å². The van der Waals surface area contributed by atoms with Crippen LogP contribution in [-0.2, 0) is 0 Å². The summed E-state index contributed by atoms with van der Waals surface area (Å²) in [5.74, 6) is -1.84. The quantitative estimate of drug-likeness (QED) is 0.257. The van der Waals surface area contributed by atoms with E-state index < -0.39 is 17.5 Å². The lowest BCUT2D eigenvalue weighted by molar-refractivity contribution is 0.342. The molecule has 0 amide bonds. The van der Waals surface area contributed by atoms with E-state index in [1.165, 1.54) is 6.07 Å². The Morgan fingerprint density at radius 3 is 1.94 bits per heavy atom. The summed E-state index contributed by atoms with van der Waals surface area (Å²) in [5, 5.41) is 0. The molecule has 0 radical (unpaired) electrons. The van der Waals surface area contributed by atoms with E-state index in [2.05, 4.69) is 6.92 Å². The second-order valence-corrected chi connectivity index (χ2v) is 10.9. The van der Waals surface area contributed by atoms with Gasteiger partial charge in [-0.1, -0.05) is 63.3 Å². The van der Waals surface area contributed by atoms with Gasteiger partial charge < -0.3 is 0 Å². The van der Waals surface area contributed by atoms with Crippen molar-refractivity contribution in [3.63, 3.8) is 0 Å². The van der Waals surface area contributed by atoms with E-state index in [1.54, 1.807) is 30.3 Å². The molecule has 0 atom stereocenters. The average molecular weight is 479 g/mol. The summed E-state index contributed by atoms with van der Waals surface area (Å²) in [5.41, 5.74) is 3.06. The zero-order valence-electron chi connectivity index (χ0n) is 20.1. The van der Waals surface area contributed by atoms with E-state index in [9.17, 15) is 0 Å². The van der Waals surface area contributed by atoms with E-state index in [0.717, 1.165) is 57.8 Å². The lowest BCUT2D eigenvalue weighted by atomic mass is 9.74. The summed E-state index contributed by atoms with van der Waals surface area (Å²) < 4.78 is 61.0. The zero-order valence-corrected chi connectivity index (χ0v) is 20.1. The smallest absolute Gasteiger partial charge is 0.167 e. The van der Waals surface area contributed by atoms with Gasteiger partial charge in [0.15, 0.2) is 11.6 Å². The van der Waals surface area contributed by atoms with Crippen LogP contribution in [0, 0.1) is 29.2 Å². The summed E-state index contributed by atoms with van der Waals surface area (Å²) in [4.78, 5) is 0. The summed E-state index contributed by atoms with van der Waals surface area (Å²) in [6.07, 6.45) is 9.01. The van der Waals surface area contributed by atoms with E-state index >= 15 is 17.6 Å². The Morgan fingerprint density at radius 2 is 1.23 bits per heavy atom. The molecule has 3 aromatic rings. The third-order valence-corrected chi connectivity index (χ3v) is 8.73. The Balaban J connectivity index is 1.34. The summed E-state index contributed by atoms with van der Waals surface area (Å²) in [6, 6.07) is 10.0. The largest absolute Gasteiger partial charge is 0.207 e. The molecule has 2 saturated carbocycles. The minimum atomic E-state index is -0.959. The predicted molar refractivity (Wildman–Crippen MR) is 132 cm³/mol. The Hall–Kier alpha value is -2.62. The molecule has 0 spiro atoms. The lowest BCUT2D eigenvalue weighted by Crippen LogP contribution is -2.13. The molecular weight excluding hydrogens is 448 g/mol. The topological polar surface area (TPSA) is 0 Å². The highest BCUT2D eigenvalue weighted by Gasteiger charge is 2.35. The molecule has 0 N–H and O–H groups in total. The van der Waals surface area contributed by atoms with Gasteiger partial charge in [-0.15, -0.1) is 0 Å². The molecule has 182 valence electrons. The molecule has 0 unspecified atom stereocenters. The molecule has 3 aliphatic rings. The third-order valence-electron chi connectivity index (χ3n) is 8.73. The first kappa shape index (κ1) is 22.8. The van der Waals surface area contributed by atoms with Crippen LogP contribution >= 0.6 is 0 Å². The maximum Gasteiger partial charge on any atom is 0.167 e. The van der Waals surface area contributed by atoms with Crippen molar-refractivity contribution in [2.75, 3.05) is 0 Å². The Labute approximate surface area is 204 Å². The highest BCUT2D eigenvalue weighted by Crippen LogP contribution is 2.54. The third kappa shape index (κ3) is 3.72.